The molecule has 1 saturated heterocycles. The second-order valence-corrected chi connectivity index (χ2v) is 2.61. The van der Waals surface area contributed by atoms with Crippen LogP contribution in [-0.4, -0.2) is 16.1 Å². The van der Waals surface area contributed by atoms with E-state index in [0.717, 1.165) is 0 Å². The van der Waals surface area contributed by atoms with E-state index in [1.807, 2.05) is 0 Å². The molecule has 0 amide bonds. The molecule has 1 nitrogen and oxygen atoms in total. The highest BCUT2D eigenvalue weighted by atomic mass is 32.2. The molecule has 0 atom stereocenters. The van der Waals surface area contributed by atoms with Gasteiger partial charge in [-0.15, -0.1) is 0 Å². The first kappa shape index (κ1) is 2.48. The van der Waals surface area contributed by atoms with E-state index in [9.17, 15) is 4.55 Å². The fraction of sp³-hybridized carbons (Fsp3) is 1.00. The van der Waals surface area contributed by atoms with Crippen LogP contribution in [0.3, 0.4) is 0 Å². The first-order valence-electron chi connectivity index (χ1n) is 2.14. The van der Waals surface area contributed by atoms with Crippen LogP contribution in [-0.2, 0) is 11.2 Å². The summed E-state index contributed by atoms with van der Waals surface area (Å²) in [5, 5.41) is 0. The Morgan fingerprint density at radius 1 is 1.80 bits per heavy atom. The molecule has 0 radical (unpaired) electrons. The maximum Gasteiger partial charge on any atom is 0.110 e. The Bertz CT molecular complexity index is 46.8. The fourth-order valence-corrected chi connectivity index (χ4v) is 0.642. The van der Waals surface area contributed by atoms with Crippen molar-refractivity contribution in [2.45, 2.75) is 6.40 Å². The summed E-state index contributed by atoms with van der Waals surface area (Å²) >= 11 is -0.610. The smallest absolute Gasteiger partial charge is 0.110 e. The fourth-order valence-electron chi connectivity index (χ4n) is 0.214. The molecule has 0 spiro atoms. The van der Waals surface area contributed by atoms with Gasteiger partial charge in [-0.05, 0) is 0 Å². The molecule has 0 bridgehead atoms. The van der Waals surface area contributed by atoms with Gasteiger partial charge in [0.15, 0.2) is 0 Å². The molecule has 2 heteroatoms. The Hall–Kier alpha value is 0.310. The van der Waals surface area contributed by atoms with Gasteiger partial charge in [-0.25, -0.2) is 0 Å². The van der Waals surface area contributed by atoms with Crippen molar-refractivity contribution < 1.29 is 5.92 Å². The minimum atomic E-state index is -0.610. The Labute approximate surface area is 36.0 Å². The molecule has 0 unspecified atom stereocenters. The summed E-state index contributed by atoms with van der Waals surface area (Å²) in [6, 6.07) is 0. The number of rotatable bonds is 0. The van der Waals surface area contributed by atoms with Gasteiger partial charge in [0.1, 0.15) is 11.5 Å². The zero-order valence-electron chi connectivity index (χ0n) is 3.81. The highest BCUT2D eigenvalue weighted by Crippen LogP contribution is 2.06. The lowest BCUT2D eigenvalue weighted by molar-refractivity contribution is 0.579. The normalized spacial score (nSPS) is 54.2. The summed E-state index contributed by atoms with van der Waals surface area (Å²) in [5.41, 5.74) is 0. The molecule has 0 aromatic carbocycles. The van der Waals surface area contributed by atoms with E-state index in [-0.39, 0.29) is 6.40 Å². The van der Waals surface area contributed by atoms with E-state index < -0.39 is 11.2 Å². The third-order valence-electron chi connectivity index (χ3n) is 0.607. The highest BCUT2D eigenvalue weighted by molar-refractivity contribution is 7.92. The molecule has 1 aliphatic rings. The van der Waals surface area contributed by atoms with Crippen molar-refractivity contribution in [1.82, 2.24) is 0 Å². The maximum atomic E-state index is 10.1. The third kappa shape index (κ3) is 0.578. The van der Waals surface area contributed by atoms with Crippen molar-refractivity contribution in [1.29, 1.82) is 0 Å². The largest absolute Gasteiger partial charge is 0.616 e. The minimum absolute atomic E-state index is 0.00849. The van der Waals surface area contributed by atoms with Gasteiger partial charge < -0.3 is 4.55 Å². The van der Waals surface area contributed by atoms with E-state index in [0.29, 0.717) is 11.5 Å². The summed E-state index contributed by atoms with van der Waals surface area (Å²) in [6.07, 6.45) is -0.00849. The second-order valence-electron chi connectivity index (χ2n) is 1.06. The van der Waals surface area contributed by atoms with Crippen molar-refractivity contribution >= 4 is 11.2 Å². The summed E-state index contributed by atoms with van der Waals surface area (Å²) in [6.45, 7) is 0. The van der Waals surface area contributed by atoms with Gasteiger partial charge in [0, 0.05) is 7.77 Å². The molecule has 0 saturated carbocycles. The molecule has 5 heavy (non-hydrogen) atoms. The summed E-state index contributed by atoms with van der Waals surface area (Å²) in [4.78, 5) is 0. The van der Waals surface area contributed by atoms with E-state index in [4.69, 9.17) is 1.37 Å². The van der Waals surface area contributed by atoms with Gasteiger partial charge in [0.05, 0.1) is 0 Å². The van der Waals surface area contributed by atoms with Gasteiger partial charge in [-0.1, -0.05) is 11.2 Å². The van der Waals surface area contributed by atoms with E-state index in [2.05, 4.69) is 0 Å². The molecular weight excluding hydrogens is 84.1 g/mol. The van der Waals surface area contributed by atoms with Crippen LogP contribution < -0.4 is 0 Å². The molecule has 1 aliphatic heterocycles. The first-order valence-corrected chi connectivity index (χ1v) is 3.05. The lowest BCUT2D eigenvalue weighted by Gasteiger charge is -2.16. The molecule has 0 aromatic heterocycles. The molecule has 30 valence electrons. The summed E-state index contributed by atoms with van der Waals surface area (Å²) < 4.78 is 17.0. The van der Waals surface area contributed by atoms with Crippen LogP contribution in [0.4, 0.5) is 0 Å². The lowest BCUT2D eigenvalue weighted by atomic mass is 10.5. The van der Waals surface area contributed by atoms with E-state index >= 15 is 0 Å². The van der Waals surface area contributed by atoms with Gasteiger partial charge in [-0.3, -0.25) is 0 Å². The van der Waals surface area contributed by atoms with Crippen LogP contribution in [0.5, 0.6) is 0 Å². The van der Waals surface area contributed by atoms with Crippen molar-refractivity contribution in [3.63, 3.8) is 0 Å². The Morgan fingerprint density at radius 2 is 2.40 bits per heavy atom. The second kappa shape index (κ2) is 1.19. The van der Waals surface area contributed by atoms with Crippen LogP contribution >= 0.6 is 0 Å². The molecular formula is C3H6OS. The SMILES string of the molecule is [2H]C1C[S+]([O-])C1. The standard InChI is InChI=1S/C3H6OS/c4-5-2-1-3-5/h1-3H2/i1D. The van der Waals surface area contributed by atoms with Crippen LogP contribution in [0.25, 0.3) is 0 Å². The molecule has 1 fully saturated rings. The molecule has 1 heterocycles. The Kier molecular flexibility index (Phi) is 0.588. The van der Waals surface area contributed by atoms with E-state index in [1.54, 1.807) is 0 Å². The maximum absolute atomic E-state index is 10.1. The van der Waals surface area contributed by atoms with Gasteiger partial charge in [0.25, 0.3) is 0 Å². The van der Waals surface area contributed by atoms with Gasteiger partial charge in [0.2, 0.25) is 0 Å². The monoisotopic (exact) mass is 91.0 g/mol. The van der Waals surface area contributed by atoms with Crippen molar-refractivity contribution in [3.8, 4) is 0 Å². The quantitative estimate of drug-likeness (QED) is 0.389. The predicted octanol–water partition coefficient (Wildman–Crippen LogP) is 0.139. The third-order valence-corrected chi connectivity index (χ3v) is 1.82. The average molecular weight is 91.2 g/mol. The lowest BCUT2D eigenvalue weighted by Crippen LogP contribution is -2.23. The number of hydrogen-bond acceptors (Lipinski definition) is 1. The van der Waals surface area contributed by atoms with Crippen LogP contribution in [0.2, 0.25) is 0 Å². The summed E-state index contributed by atoms with van der Waals surface area (Å²) in [5.74, 6) is 1.22. The Morgan fingerprint density at radius 3 is 2.40 bits per heavy atom. The number of hydrogen-bond donors (Lipinski definition) is 0. The minimum Gasteiger partial charge on any atom is -0.616 e. The zero-order chi connectivity index (χ0) is 4.57. The topological polar surface area (TPSA) is 23.1 Å². The Balaban J connectivity index is 2.11. The predicted molar refractivity (Wildman–Crippen MR) is 22.5 cm³/mol. The van der Waals surface area contributed by atoms with E-state index in [1.165, 1.54) is 0 Å². The van der Waals surface area contributed by atoms with Crippen LogP contribution in [0, 0.1) is 0 Å². The van der Waals surface area contributed by atoms with Crippen molar-refractivity contribution in [3.05, 3.63) is 0 Å². The molecule has 0 aliphatic carbocycles. The molecule has 1 rings (SSSR count). The van der Waals surface area contributed by atoms with Gasteiger partial charge in [-0.2, -0.15) is 0 Å². The zero-order valence-corrected chi connectivity index (χ0v) is 3.62. The molecule has 0 N–H and O–H groups in total. The van der Waals surface area contributed by atoms with Crippen molar-refractivity contribution in [2.24, 2.45) is 0 Å². The summed E-state index contributed by atoms with van der Waals surface area (Å²) in [7, 11) is 0. The average Bonchev–Trinajstić information content (AvgIpc) is 1.33. The molecule has 0 aromatic rings. The van der Waals surface area contributed by atoms with Crippen LogP contribution in [0.15, 0.2) is 0 Å². The van der Waals surface area contributed by atoms with Crippen molar-refractivity contribution in [2.75, 3.05) is 11.5 Å². The first-order chi connectivity index (χ1) is 2.79. The highest BCUT2D eigenvalue weighted by Gasteiger charge is 2.15. The van der Waals surface area contributed by atoms with Crippen LogP contribution in [0.1, 0.15) is 7.77 Å². The van der Waals surface area contributed by atoms with Gasteiger partial charge >= 0.3 is 0 Å².